The van der Waals surface area contributed by atoms with E-state index in [1.807, 2.05) is 36.4 Å². The van der Waals surface area contributed by atoms with E-state index in [-0.39, 0.29) is 6.03 Å². The van der Waals surface area contributed by atoms with Crippen molar-refractivity contribution in [2.45, 2.75) is 26.3 Å². The van der Waals surface area contributed by atoms with Crippen molar-refractivity contribution in [1.82, 2.24) is 10.3 Å². The Morgan fingerprint density at radius 1 is 0.960 bits per heavy atom. The number of pyridine rings is 1. The molecular formula is C20H21N3OS. The summed E-state index contributed by atoms with van der Waals surface area (Å²) in [5, 5.41) is 5.76. The maximum Gasteiger partial charge on any atom is 0.319 e. The quantitative estimate of drug-likeness (QED) is 0.681. The third-order valence-electron chi connectivity index (χ3n) is 3.86. The molecule has 0 atom stereocenters. The molecule has 0 radical (unpaired) electrons. The highest BCUT2D eigenvalue weighted by Crippen LogP contribution is 2.17. The minimum atomic E-state index is -0.187. The maximum absolute atomic E-state index is 12.0. The van der Waals surface area contributed by atoms with E-state index in [0.717, 1.165) is 18.5 Å². The van der Waals surface area contributed by atoms with Crippen LogP contribution in [0.4, 0.5) is 10.5 Å². The van der Waals surface area contributed by atoms with Crippen molar-refractivity contribution in [1.29, 1.82) is 0 Å². The summed E-state index contributed by atoms with van der Waals surface area (Å²) < 4.78 is 0. The molecule has 3 aromatic rings. The minimum absolute atomic E-state index is 0.187. The van der Waals surface area contributed by atoms with Crippen molar-refractivity contribution in [3.63, 3.8) is 0 Å². The third kappa shape index (κ3) is 5.16. The molecule has 2 heterocycles. The first-order chi connectivity index (χ1) is 12.2. The van der Waals surface area contributed by atoms with Gasteiger partial charge in [0, 0.05) is 27.8 Å². The molecule has 3 rings (SSSR count). The Kier molecular flexibility index (Phi) is 5.80. The van der Waals surface area contributed by atoms with E-state index in [1.165, 1.54) is 20.9 Å². The number of aromatic nitrogens is 1. The molecule has 2 aromatic heterocycles. The number of carbonyl (C=O) groups excluding carboxylic acids is 1. The molecule has 0 unspecified atom stereocenters. The van der Waals surface area contributed by atoms with Crippen LogP contribution in [0.25, 0.3) is 0 Å². The first-order valence-corrected chi connectivity index (χ1v) is 9.15. The Hall–Kier alpha value is -2.66. The smallest absolute Gasteiger partial charge is 0.319 e. The molecule has 128 valence electrons. The van der Waals surface area contributed by atoms with Crippen LogP contribution in [-0.4, -0.2) is 11.0 Å². The summed E-state index contributed by atoms with van der Waals surface area (Å²) in [4.78, 5) is 18.5. The third-order valence-corrected chi connectivity index (χ3v) is 5.09. The summed E-state index contributed by atoms with van der Waals surface area (Å²) in [6.07, 6.45) is 5.48. The van der Waals surface area contributed by atoms with Gasteiger partial charge >= 0.3 is 6.03 Å². The molecule has 0 aliphatic rings. The van der Waals surface area contributed by atoms with Crippen molar-refractivity contribution in [3.8, 4) is 0 Å². The zero-order chi connectivity index (χ0) is 17.5. The van der Waals surface area contributed by atoms with Crippen molar-refractivity contribution < 1.29 is 4.79 Å². The molecule has 0 saturated heterocycles. The Morgan fingerprint density at radius 3 is 2.32 bits per heavy atom. The van der Waals surface area contributed by atoms with Gasteiger partial charge < -0.3 is 10.6 Å². The lowest BCUT2D eigenvalue weighted by atomic mass is 10.1. The number of urea groups is 1. The summed E-state index contributed by atoms with van der Waals surface area (Å²) in [7, 11) is 0. The summed E-state index contributed by atoms with van der Waals surface area (Å²) >= 11 is 1.74. The van der Waals surface area contributed by atoms with E-state index in [1.54, 1.807) is 23.7 Å². The Balaban J connectivity index is 1.49. The van der Waals surface area contributed by atoms with Crippen LogP contribution < -0.4 is 10.6 Å². The van der Waals surface area contributed by atoms with Gasteiger partial charge in [0.1, 0.15) is 0 Å². The highest BCUT2D eigenvalue weighted by atomic mass is 32.1. The van der Waals surface area contributed by atoms with Gasteiger partial charge in [0.25, 0.3) is 0 Å². The van der Waals surface area contributed by atoms with Gasteiger partial charge in [-0.1, -0.05) is 19.1 Å². The molecule has 0 spiro atoms. The largest absolute Gasteiger partial charge is 0.333 e. The second kappa shape index (κ2) is 8.44. The second-order valence-corrected chi connectivity index (χ2v) is 7.01. The fourth-order valence-electron chi connectivity index (χ4n) is 2.49. The number of anilines is 1. The molecule has 0 bridgehead atoms. The summed E-state index contributed by atoms with van der Waals surface area (Å²) in [6, 6.07) is 15.9. The number of benzene rings is 1. The summed E-state index contributed by atoms with van der Waals surface area (Å²) in [5.74, 6) is 0. The van der Waals surface area contributed by atoms with Crippen LogP contribution >= 0.6 is 11.3 Å². The molecule has 5 heteroatoms. The number of nitrogens with one attached hydrogen (secondary N) is 2. The molecule has 25 heavy (non-hydrogen) atoms. The highest BCUT2D eigenvalue weighted by Gasteiger charge is 2.04. The molecule has 2 amide bonds. The molecule has 0 saturated carbocycles. The Morgan fingerprint density at radius 2 is 1.64 bits per heavy atom. The zero-order valence-corrected chi connectivity index (χ0v) is 15.0. The number of hydrogen-bond donors (Lipinski definition) is 2. The van der Waals surface area contributed by atoms with Gasteiger partial charge in [-0.25, -0.2) is 4.79 Å². The molecule has 0 aliphatic carbocycles. The normalized spacial score (nSPS) is 10.4. The Labute approximate surface area is 151 Å². The lowest BCUT2D eigenvalue weighted by Crippen LogP contribution is -2.27. The van der Waals surface area contributed by atoms with Crippen LogP contribution in [0, 0.1) is 0 Å². The zero-order valence-electron chi connectivity index (χ0n) is 14.2. The van der Waals surface area contributed by atoms with Crippen LogP contribution in [0.2, 0.25) is 0 Å². The van der Waals surface area contributed by atoms with Gasteiger partial charge in [0.2, 0.25) is 0 Å². The molecule has 0 aliphatic heterocycles. The van der Waals surface area contributed by atoms with Crippen LogP contribution in [0.5, 0.6) is 0 Å². The average molecular weight is 351 g/mol. The lowest BCUT2D eigenvalue weighted by molar-refractivity contribution is 0.252. The van der Waals surface area contributed by atoms with Crippen LogP contribution in [0.1, 0.15) is 27.8 Å². The molecular weight excluding hydrogens is 330 g/mol. The topological polar surface area (TPSA) is 54.0 Å². The van der Waals surface area contributed by atoms with Crippen molar-refractivity contribution in [2.24, 2.45) is 0 Å². The van der Waals surface area contributed by atoms with E-state index in [4.69, 9.17) is 0 Å². The van der Waals surface area contributed by atoms with Gasteiger partial charge in [-0.3, -0.25) is 4.98 Å². The number of aryl methyl sites for hydroxylation is 1. The Bertz CT molecular complexity index is 812. The van der Waals surface area contributed by atoms with Gasteiger partial charge in [0.15, 0.2) is 0 Å². The molecule has 2 N–H and O–H groups in total. The van der Waals surface area contributed by atoms with Gasteiger partial charge in [-0.05, 0) is 60.4 Å². The highest BCUT2D eigenvalue weighted by molar-refractivity contribution is 7.11. The second-order valence-electron chi connectivity index (χ2n) is 5.76. The number of amides is 2. The number of nitrogens with zero attached hydrogens (tertiary/aromatic N) is 1. The van der Waals surface area contributed by atoms with E-state index >= 15 is 0 Å². The predicted molar refractivity (Wildman–Crippen MR) is 103 cm³/mol. The van der Waals surface area contributed by atoms with E-state index in [2.05, 4.69) is 34.7 Å². The van der Waals surface area contributed by atoms with Gasteiger partial charge in [-0.15, -0.1) is 11.3 Å². The predicted octanol–water partition coefficient (Wildman–Crippen LogP) is 4.62. The van der Waals surface area contributed by atoms with Crippen LogP contribution in [0.15, 0.2) is 60.9 Å². The van der Waals surface area contributed by atoms with Crippen molar-refractivity contribution in [3.05, 3.63) is 81.8 Å². The standard InChI is InChI=1S/C20H21N3OS/c1-2-18-7-8-19(25-18)14-22-20(24)23-17-5-3-15(4-6-17)13-16-9-11-21-12-10-16/h3-12H,2,13-14H2,1H3,(H2,22,23,24). The van der Waals surface area contributed by atoms with Gasteiger partial charge in [-0.2, -0.15) is 0 Å². The lowest BCUT2D eigenvalue weighted by Gasteiger charge is -2.08. The molecule has 0 fully saturated rings. The van der Waals surface area contributed by atoms with E-state index < -0.39 is 0 Å². The van der Waals surface area contributed by atoms with Crippen molar-refractivity contribution >= 4 is 23.1 Å². The SMILES string of the molecule is CCc1ccc(CNC(=O)Nc2ccc(Cc3ccncc3)cc2)s1. The van der Waals surface area contributed by atoms with Crippen molar-refractivity contribution in [2.75, 3.05) is 5.32 Å². The molecule has 1 aromatic carbocycles. The first kappa shape index (κ1) is 17.2. The number of carbonyl (C=O) groups is 1. The molecule has 4 nitrogen and oxygen atoms in total. The first-order valence-electron chi connectivity index (χ1n) is 8.33. The van der Waals surface area contributed by atoms with Crippen LogP contribution in [-0.2, 0) is 19.4 Å². The van der Waals surface area contributed by atoms with Crippen LogP contribution in [0.3, 0.4) is 0 Å². The van der Waals surface area contributed by atoms with Gasteiger partial charge in [0.05, 0.1) is 6.54 Å². The number of hydrogen-bond acceptors (Lipinski definition) is 3. The van der Waals surface area contributed by atoms with E-state index in [0.29, 0.717) is 6.54 Å². The number of rotatable bonds is 6. The monoisotopic (exact) mass is 351 g/mol. The summed E-state index contributed by atoms with van der Waals surface area (Å²) in [5.41, 5.74) is 3.20. The minimum Gasteiger partial charge on any atom is -0.333 e. The fraction of sp³-hybridized carbons (Fsp3) is 0.200. The average Bonchev–Trinajstić information content (AvgIpc) is 3.11. The van der Waals surface area contributed by atoms with E-state index in [9.17, 15) is 4.79 Å². The maximum atomic E-state index is 12.0. The number of thiophene rings is 1. The fourth-order valence-corrected chi connectivity index (χ4v) is 3.39. The summed E-state index contributed by atoms with van der Waals surface area (Å²) in [6.45, 7) is 2.69.